The zero-order valence-corrected chi connectivity index (χ0v) is 16.2. The smallest absolute Gasteiger partial charge is 0.257 e. The van der Waals surface area contributed by atoms with E-state index in [-0.39, 0.29) is 15.5 Å². The molecule has 1 amide bonds. The lowest BCUT2D eigenvalue weighted by molar-refractivity contribution is 0.102. The van der Waals surface area contributed by atoms with Gasteiger partial charge >= 0.3 is 0 Å². The maximum absolute atomic E-state index is 12.8. The van der Waals surface area contributed by atoms with Gasteiger partial charge in [-0.2, -0.15) is 4.31 Å². The molecule has 5 nitrogen and oxygen atoms in total. The molecule has 2 aromatic rings. The first kappa shape index (κ1) is 19.2. The molecule has 8 heteroatoms. The number of halogens is 2. The largest absolute Gasteiger partial charge is 0.322 e. The highest BCUT2D eigenvalue weighted by Crippen LogP contribution is 2.26. The van der Waals surface area contributed by atoms with Crippen molar-refractivity contribution < 1.29 is 13.2 Å². The standard InChI is InChI=1S/C18H18Cl2N2O3S/c19-13-5-4-6-14(11-13)21-18(23)16-12-15(7-8-17(16)20)26(24,25)22-9-2-1-3-10-22/h4-8,11-12H,1-3,9-10H2,(H,21,23). The number of rotatable bonds is 4. The van der Waals surface area contributed by atoms with E-state index in [1.165, 1.54) is 22.5 Å². The van der Waals surface area contributed by atoms with Crippen molar-refractivity contribution in [1.29, 1.82) is 0 Å². The first-order valence-corrected chi connectivity index (χ1v) is 10.4. The Hall–Kier alpha value is -1.60. The fraction of sp³-hybridized carbons (Fsp3) is 0.278. The molecule has 1 aliphatic heterocycles. The van der Waals surface area contributed by atoms with Gasteiger partial charge in [0.15, 0.2) is 0 Å². The van der Waals surface area contributed by atoms with Crippen molar-refractivity contribution in [3.05, 3.63) is 58.1 Å². The van der Waals surface area contributed by atoms with Gasteiger partial charge < -0.3 is 5.32 Å². The quantitative estimate of drug-likeness (QED) is 0.807. The Balaban J connectivity index is 1.88. The minimum absolute atomic E-state index is 0.0695. The summed E-state index contributed by atoms with van der Waals surface area (Å²) in [7, 11) is -3.64. The zero-order valence-electron chi connectivity index (χ0n) is 13.9. The van der Waals surface area contributed by atoms with Gasteiger partial charge in [0.05, 0.1) is 15.5 Å². The van der Waals surface area contributed by atoms with Crippen molar-refractivity contribution in [3.8, 4) is 0 Å². The van der Waals surface area contributed by atoms with E-state index in [9.17, 15) is 13.2 Å². The van der Waals surface area contributed by atoms with Crippen LogP contribution in [0.3, 0.4) is 0 Å². The van der Waals surface area contributed by atoms with Gasteiger partial charge in [-0.05, 0) is 49.2 Å². The molecule has 3 rings (SSSR count). The van der Waals surface area contributed by atoms with Gasteiger partial charge in [0.25, 0.3) is 5.91 Å². The van der Waals surface area contributed by atoms with Crippen molar-refractivity contribution >= 4 is 44.8 Å². The van der Waals surface area contributed by atoms with E-state index in [0.29, 0.717) is 23.8 Å². The predicted octanol–water partition coefficient (Wildman–Crippen LogP) is 4.42. The molecular formula is C18H18Cl2N2O3S. The van der Waals surface area contributed by atoms with Crippen molar-refractivity contribution in [3.63, 3.8) is 0 Å². The van der Waals surface area contributed by atoms with Crippen LogP contribution in [0.4, 0.5) is 5.69 Å². The van der Waals surface area contributed by atoms with Crippen LogP contribution in [0.5, 0.6) is 0 Å². The number of amides is 1. The monoisotopic (exact) mass is 412 g/mol. The molecule has 0 saturated carbocycles. The van der Waals surface area contributed by atoms with Gasteiger partial charge in [-0.25, -0.2) is 8.42 Å². The Kier molecular flexibility index (Phi) is 5.87. The third-order valence-corrected chi connectivity index (χ3v) is 6.68. The SMILES string of the molecule is O=C(Nc1cccc(Cl)c1)c1cc(S(=O)(=O)N2CCCCC2)ccc1Cl. The number of hydrogen-bond donors (Lipinski definition) is 1. The van der Waals surface area contributed by atoms with E-state index >= 15 is 0 Å². The van der Waals surface area contributed by atoms with Crippen molar-refractivity contribution in [2.24, 2.45) is 0 Å². The van der Waals surface area contributed by atoms with Gasteiger partial charge in [0, 0.05) is 23.8 Å². The molecule has 0 aromatic heterocycles. The topological polar surface area (TPSA) is 66.5 Å². The predicted molar refractivity (Wildman–Crippen MR) is 103 cm³/mol. The summed E-state index contributed by atoms with van der Waals surface area (Å²) in [4.78, 5) is 12.6. The maximum atomic E-state index is 12.8. The second-order valence-corrected chi connectivity index (χ2v) is 8.85. The number of carbonyl (C=O) groups is 1. The first-order valence-electron chi connectivity index (χ1n) is 8.24. The summed E-state index contributed by atoms with van der Waals surface area (Å²) in [5.41, 5.74) is 0.604. The van der Waals surface area contributed by atoms with Crippen LogP contribution in [-0.4, -0.2) is 31.7 Å². The molecule has 1 aliphatic rings. The lowest BCUT2D eigenvalue weighted by atomic mass is 10.2. The molecule has 26 heavy (non-hydrogen) atoms. The Morgan fingerprint density at radius 3 is 2.42 bits per heavy atom. The number of carbonyl (C=O) groups excluding carboxylic acids is 1. The average Bonchev–Trinajstić information content (AvgIpc) is 2.62. The van der Waals surface area contributed by atoms with Gasteiger partial charge in [-0.15, -0.1) is 0 Å². The fourth-order valence-electron chi connectivity index (χ4n) is 2.86. The van der Waals surface area contributed by atoms with E-state index < -0.39 is 15.9 Å². The average molecular weight is 413 g/mol. The van der Waals surface area contributed by atoms with E-state index in [4.69, 9.17) is 23.2 Å². The van der Waals surface area contributed by atoms with E-state index in [2.05, 4.69) is 5.32 Å². The summed E-state index contributed by atoms with van der Waals surface area (Å²) in [5.74, 6) is -0.493. The minimum Gasteiger partial charge on any atom is -0.322 e. The van der Waals surface area contributed by atoms with Crippen LogP contribution in [0.15, 0.2) is 47.4 Å². The molecular weight excluding hydrogens is 395 g/mol. The molecule has 1 saturated heterocycles. The Labute approximate surface area is 163 Å². The number of anilines is 1. The zero-order chi connectivity index (χ0) is 18.7. The minimum atomic E-state index is -3.64. The maximum Gasteiger partial charge on any atom is 0.257 e. The van der Waals surface area contributed by atoms with Gasteiger partial charge in [0.2, 0.25) is 10.0 Å². The summed E-state index contributed by atoms with van der Waals surface area (Å²) in [5, 5.41) is 3.35. The van der Waals surface area contributed by atoms with Crippen LogP contribution < -0.4 is 5.32 Å². The van der Waals surface area contributed by atoms with Gasteiger partial charge in [0.1, 0.15) is 0 Å². The molecule has 0 spiro atoms. The summed E-state index contributed by atoms with van der Waals surface area (Å²) in [6, 6.07) is 10.9. The lowest BCUT2D eigenvalue weighted by Crippen LogP contribution is -2.35. The summed E-state index contributed by atoms with van der Waals surface area (Å²) >= 11 is 12.0. The van der Waals surface area contributed by atoms with Crippen LogP contribution in [-0.2, 0) is 10.0 Å². The Morgan fingerprint density at radius 1 is 1.00 bits per heavy atom. The molecule has 0 unspecified atom stereocenters. The molecule has 0 bridgehead atoms. The number of nitrogens with zero attached hydrogens (tertiary/aromatic N) is 1. The van der Waals surface area contributed by atoms with Gasteiger partial charge in [-0.3, -0.25) is 4.79 Å². The summed E-state index contributed by atoms with van der Waals surface area (Å²) in [6.45, 7) is 0.990. The van der Waals surface area contributed by atoms with E-state index in [1.54, 1.807) is 24.3 Å². The van der Waals surface area contributed by atoms with Crippen molar-refractivity contribution in [2.75, 3.05) is 18.4 Å². The van der Waals surface area contributed by atoms with E-state index in [0.717, 1.165) is 19.3 Å². The molecule has 138 valence electrons. The van der Waals surface area contributed by atoms with E-state index in [1.807, 2.05) is 0 Å². The van der Waals surface area contributed by atoms with Crippen LogP contribution >= 0.6 is 23.2 Å². The summed E-state index contributed by atoms with van der Waals surface area (Å²) < 4.78 is 27.1. The second-order valence-electron chi connectivity index (χ2n) is 6.07. The van der Waals surface area contributed by atoms with Crippen LogP contribution in [0, 0.1) is 0 Å². The number of benzene rings is 2. The fourth-order valence-corrected chi connectivity index (χ4v) is 4.80. The Bertz CT molecular complexity index is 926. The molecule has 1 N–H and O–H groups in total. The number of piperidine rings is 1. The Morgan fingerprint density at radius 2 is 1.73 bits per heavy atom. The molecule has 0 aliphatic carbocycles. The molecule has 1 fully saturated rings. The molecule has 0 atom stereocenters. The summed E-state index contributed by atoms with van der Waals surface area (Å²) in [6.07, 6.45) is 2.71. The third kappa shape index (κ3) is 4.20. The van der Waals surface area contributed by atoms with Crippen LogP contribution in [0.25, 0.3) is 0 Å². The van der Waals surface area contributed by atoms with Crippen LogP contribution in [0.2, 0.25) is 10.0 Å². The van der Waals surface area contributed by atoms with Crippen molar-refractivity contribution in [2.45, 2.75) is 24.2 Å². The highest BCUT2D eigenvalue weighted by Gasteiger charge is 2.27. The van der Waals surface area contributed by atoms with Crippen molar-refractivity contribution in [1.82, 2.24) is 4.31 Å². The molecule has 2 aromatic carbocycles. The second kappa shape index (κ2) is 7.96. The lowest BCUT2D eigenvalue weighted by Gasteiger charge is -2.26. The molecule has 0 radical (unpaired) electrons. The first-order chi connectivity index (χ1) is 12.4. The number of hydrogen-bond acceptors (Lipinski definition) is 3. The van der Waals surface area contributed by atoms with Gasteiger partial charge in [-0.1, -0.05) is 35.7 Å². The number of nitrogens with one attached hydrogen (secondary N) is 1. The van der Waals surface area contributed by atoms with Crippen LogP contribution in [0.1, 0.15) is 29.6 Å². The number of sulfonamides is 1. The normalized spacial score (nSPS) is 15.6. The third-order valence-electron chi connectivity index (χ3n) is 4.22. The molecule has 1 heterocycles. The highest BCUT2D eigenvalue weighted by atomic mass is 35.5. The highest BCUT2D eigenvalue weighted by molar-refractivity contribution is 7.89.